The van der Waals surface area contributed by atoms with Gasteiger partial charge in [0.05, 0.1) is 0 Å². The van der Waals surface area contributed by atoms with Gasteiger partial charge in [0.25, 0.3) is 0 Å². The lowest BCUT2D eigenvalue weighted by Crippen LogP contribution is -2.36. The van der Waals surface area contributed by atoms with Crippen LogP contribution in [0.4, 0.5) is 0 Å². The molecule has 0 spiro atoms. The van der Waals surface area contributed by atoms with E-state index in [1.165, 1.54) is 74.6 Å². The van der Waals surface area contributed by atoms with E-state index in [0.29, 0.717) is 0 Å². The Balaban J connectivity index is 1.39. The minimum absolute atomic E-state index is 0.800. The fourth-order valence-electron chi connectivity index (χ4n) is 2.70. The summed E-state index contributed by atoms with van der Waals surface area (Å²) in [5.74, 6) is 5.30. The lowest BCUT2D eigenvalue weighted by Gasteiger charge is -2.23. The van der Waals surface area contributed by atoms with Crippen molar-refractivity contribution >= 4 is 23.5 Å². The van der Waals surface area contributed by atoms with E-state index in [2.05, 4.69) is 34.2 Å². The van der Waals surface area contributed by atoms with Gasteiger partial charge in [-0.3, -0.25) is 0 Å². The largest absolute Gasteiger partial charge is 0.313 e. The highest BCUT2D eigenvalue weighted by atomic mass is 32.2. The van der Waals surface area contributed by atoms with E-state index in [-0.39, 0.29) is 0 Å². The first kappa shape index (κ1) is 15.0. The van der Waals surface area contributed by atoms with Crippen LogP contribution in [0, 0.1) is 0 Å². The molecular weight excluding hydrogens is 260 g/mol. The second-order valence-corrected chi connectivity index (χ2v) is 7.74. The topological polar surface area (TPSA) is 24.1 Å². The van der Waals surface area contributed by atoms with Gasteiger partial charge in [-0.1, -0.05) is 12.8 Å². The predicted octanol–water partition coefficient (Wildman–Crippen LogP) is 2.74. The Hall–Kier alpha value is 0.620. The first-order valence-corrected chi connectivity index (χ1v) is 9.88. The van der Waals surface area contributed by atoms with Crippen LogP contribution in [-0.2, 0) is 0 Å². The van der Waals surface area contributed by atoms with Gasteiger partial charge in [0.15, 0.2) is 0 Å². The average molecular weight is 289 g/mol. The maximum absolute atomic E-state index is 3.62. The summed E-state index contributed by atoms with van der Waals surface area (Å²) in [4.78, 5) is 0. The summed E-state index contributed by atoms with van der Waals surface area (Å²) in [6, 6.07) is 1.60. The van der Waals surface area contributed by atoms with E-state index in [0.717, 1.165) is 12.1 Å². The number of rotatable bonds is 7. The van der Waals surface area contributed by atoms with Crippen molar-refractivity contribution in [3.05, 3.63) is 0 Å². The van der Waals surface area contributed by atoms with Gasteiger partial charge >= 0.3 is 0 Å². The van der Waals surface area contributed by atoms with Crippen LogP contribution >= 0.6 is 23.5 Å². The maximum atomic E-state index is 3.62. The van der Waals surface area contributed by atoms with Crippen LogP contribution in [0.1, 0.15) is 38.5 Å². The van der Waals surface area contributed by atoms with E-state index in [4.69, 9.17) is 0 Å². The molecule has 2 aliphatic rings. The fraction of sp³-hybridized carbons (Fsp3) is 1.00. The number of nitrogens with one attached hydrogen (secondary N) is 2. The number of hydrogen-bond acceptors (Lipinski definition) is 4. The quantitative estimate of drug-likeness (QED) is 0.704. The molecule has 0 radical (unpaired) electrons. The third kappa shape index (κ3) is 6.18. The van der Waals surface area contributed by atoms with Crippen LogP contribution in [-0.4, -0.2) is 48.2 Å². The molecule has 2 unspecified atom stereocenters. The molecule has 106 valence electrons. The maximum Gasteiger partial charge on any atom is 0.0158 e. The molecule has 2 saturated heterocycles. The molecule has 2 heterocycles. The highest BCUT2D eigenvalue weighted by Gasteiger charge is 2.13. The zero-order chi connectivity index (χ0) is 12.5. The van der Waals surface area contributed by atoms with Gasteiger partial charge in [0, 0.05) is 35.1 Å². The minimum atomic E-state index is 0.800. The molecule has 0 saturated carbocycles. The standard InChI is InChI=1S/C14H28N2S2/c1-3-7-15-13(5-1)11-17-9-10-18-12-14-6-2-4-8-16-14/h13-16H,1-12H2. The Morgan fingerprint density at radius 1 is 0.722 bits per heavy atom. The van der Waals surface area contributed by atoms with Gasteiger partial charge in [-0.15, -0.1) is 0 Å². The first-order chi connectivity index (χ1) is 8.95. The Labute approximate surface area is 121 Å². The molecule has 2 atom stereocenters. The van der Waals surface area contributed by atoms with Gasteiger partial charge in [-0.2, -0.15) is 23.5 Å². The number of piperidine rings is 2. The summed E-state index contributed by atoms with van der Waals surface area (Å²) < 4.78 is 0. The molecule has 0 aromatic rings. The van der Waals surface area contributed by atoms with Crippen molar-refractivity contribution in [1.29, 1.82) is 0 Å². The molecule has 2 fully saturated rings. The van der Waals surface area contributed by atoms with E-state index < -0.39 is 0 Å². The molecule has 0 amide bonds. The Morgan fingerprint density at radius 2 is 1.22 bits per heavy atom. The summed E-state index contributed by atoms with van der Waals surface area (Å²) in [5, 5.41) is 7.25. The van der Waals surface area contributed by atoms with Gasteiger partial charge in [0.2, 0.25) is 0 Å². The van der Waals surface area contributed by atoms with Crippen LogP contribution in [0.25, 0.3) is 0 Å². The highest BCUT2D eigenvalue weighted by Crippen LogP contribution is 2.16. The summed E-state index contributed by atoms with van der Waals surface area (Å²) in [7, 11) is 0. The van der Waals surface area contributed by atoms with Crippen molar-refractivity contribution in [3.8, 4) is 0 Å². The first-order valence-electron chi connectivity index (χ1n) is 7.57. The third-order valence-corrected chi connectivity index (χ3v) is 6.35. The van der Waals surface area contributed by atoms with Gasteiger partial charge < -0.3 is 10.6 Å². The lowest BCUT2D eigenvalue weighted by atomic mass is 10.1. The van der Waals surface area contributed by atoms with Gasteiger partial charge in [0.1, 0.15) is 0 Å². The van der Waals surface area contributed by atoms with Gasteiger partial charge in [-0.25, -0.2) is 0 Å². The summed E-state index contributed by atoms with van der Waals surface area (Å²) in [5.41, 5.74) is 0. The summed E-state index contributed by atoms with van der Waals surface area (Å²) >= 11 is 4.29. The molecule has 0 aromatic carbocycles. The second kappa shape index (κ2) is 9.51. The number of hydrogen-bond donors (Lipinski definition) is 2. The van der Waals surface area contributed by atoms with Crippen LogP contribution in [0.5, 0.6) is 0 Å². The lowest BCUT2D eigenvalue weighted by molar-refractivity contribution is 0.429. The Kier molecular flexibility index (Phi) is 7.94. The second-order valence-electron chi connectivity index (χ2n) is 5.44. The zero-order valence-electron chi connectivity index (χ0n) is 11.5. The van der Waals surface area contributed by atoms with Crippen LogP contribution in [0.3, 0.4) is 0 Å². The monoisotopic (exact) mass is 288 g/mol. The molecule has 0 aromatic heterocycles. The molecule has 2 nitrogen and oxygen atoms in total. The molecule has 4 heteroatoms. The van der Waals surface area contributed by atoms with E-state index in [9.17, 15) is 0 Å². The van der Waals surface area contributed by atoms with Crippen molar-refractivity contribution in [2.45, 2.75) is 50.6 Å². The van der Waals surface area contributed by atoms with Crippen LogP contribution < -0.4 is 10.6 Å². The zero-order valence-corrected chi connectivity index (χ0v) is 13.1. The molecule has 2 rings (SSSR count). The van der Waals surface area contributed by atoms with Crippen molar-refractivity contribution in [2.75, 3.05) is 36.1 Å². The van der Waals surface area contributed by atoms with Crippen molar-refractivity contribution in [2.24, 2.45) is 0 Å². The van der Waals surface area contributed by atoms with Crippen molar-refractivity contribution in [3.63, 3.8) is 0 Å². The molecule has 0 aliphatic carbocycles. The third-order valence-electron chi connectivity index (χ3n) is 3.83. The minimum Gasteiger partial charge on any atom is -0.313 e. The average Bonchev–Trinajstić information content (AvgIpc) is 2.45. The fourth-order valence-corrected chi connectivity index (χ4v) is 5.12. The Morgan fingerprint density at radius 3 is 1.61 bits per heavy atom. The molecule has 18 heavy (non-hydrogen) atoms. The van der Waals surface area contributed by atoms with Crippen molar-refractivity contribution in [1.82, 2.24) is 10.6 Å². The van der Waals surface area contributed by atoms with Gasteiger partial charge in [-0.05, 0) is 38.8 Å². The van der Waals surface area contributed by atoms with Crippen LogP contribution in [0.2, 0.25) is 0 Å². The molecule has 2 aliphatic heterocycles. The molecular formula is C14H28N2S2. The van der Waals surface area contributed by atoms with E-state index in [1.54, 1.807) is 0 Å². The van der Waals surface area contributed by atoms with Crippen molar-refractivity contribution < 1.29 is 0 Å². The molecule has 0 bridgehead atoms. The van der Waals surface area contributed by atoms with Crippen LogP contribution in [0.15, 0.2) is 0 Å². The smallest absolute Gasteiger partial charge is 0.0158 e. The number of thioether (sulfide) groups is 2. The Bertz CT molecular complexity index is 180. The van der Waals surface area contributed by atoms with E-state index >= 15 is 0 Å². The highest BCUT2D eigenvalue weighted by molar-refractivity contribution is 8.02. The SMILES string of the molecule is C1CCC(CSCCSCC2CCCCN2)NC1. The molecule has 2 N–H and O–H groups in total. The van der Waals surface area contributed by atoms with E-state index in [1.807, 2.05) is 0 Å². The summed E-state index contributed by atoms with van der Waals surface area (Å²) in [6.45, 7) is 2.49. The normalized spacial score (nSPS) is 29.3. The summed E-state index contributed by atoms with van der Waals surface area (Å²) in [6.07, 6.45) is 8.41. The predicted molar refractivity (Wildman–Crippen MR) is 85.9 cm³/mol.